The monoisotopic (exact) mass is 508 g/mol. The summed E-state index contributed by atoms with van der Waals surface area (Å²) in [4.78, 5) is 37.1. The molecular weight excluding hydrogens is 496 g/mol. The number of methoxy groups -OCH3 is 1. The van der Waals surface area contributed by atoms with Gasteiger partial charge in [-0.3, -0.25) is 9.36 Å². The Morgan fingerprint density at radius 2 is 1.85 bits per heavy atom. The maximum atomic E-state index is 13.1. The average Bonchev–Trinajstić information content (AvgIpc) is 3.17. The molecule has 1 aromatic carbocycles. The number of alkyl halides is 3. The Morgan fingerprint density at radius 3 is 2.48 bits per heavy atom. The van der Waals surface area contributed by atoms with E-state index in [-0.39, 0.29) is 51.1 Å². The highest BCUT2D eigenvalue weighted by atomic mass is 35.5. The van der Waals surface area contributed by atoms with E-state index < -0.39 is 29.1 Å². The normalized spacial score (nSPS) is 11.5. The highest BCUT2D eigenvalue weighted by Crippen LogP contribution is 2.33. The summed E-state index contributed by atoms with van der Waals surface area (Å²) >= 11 is 12.2. The predicted molar refractivity (Wildman–Crippen MR) is 106 cm³/mol. The van der Waals surface area contributed by atoms with Crippen molar-refractivity contribution in [2.24, 2.45) is 7.05 Å². The Bertz CT molecular complexity index is 1330. The molecule has 0 aliphatic carbocycles. The van der Waals surface area contributed by atoms with Crippen LogP contribution < -0.4 is 16.0 Å². The summed E-state index contributed by atoms with van der Waals surface area (Å²) in [7, 11) is 2.06. The fraction of sp³-hybridized carbons (Fsp3) is 0.294. The predicted octanol–water partition coefficient (Wildman–Crippen LogP) is 1.60. The van der Waals surface area contributed by atoms with Gasteiger partial charge < -0.3 is 9.47 Å². The van der Waals surface area contributed by atoms with E-state index >= 15 is 0 Å². The van der Waals surface area contributed by atoms with Crippen LogP contribution in [0.5, 0.6) is 5.75 Å². The van der Waals surface area contributed by atoms with Crippen LogP contribution in [0.1, 0.15) is 11.5 Å². The fourth-order valence-electron chi connectivity index (χ4n) is 2.64. The quantitative estimate of drug-likeness (QED) is 0.460. The van der Waals surface area contributed by atoms with E-state index in [2.05, 4.69) is 20.1 Å². The van der Waals surface area contributed by atoms with Crippen molar-refractivity contribution >= 4 is 29.2 Å². The van der Waals surface area contributed by atoms with Crippen molar-refractivity contribution in [2.45, 2.75) is 19.3 Å². The highest BCUT2D eigenvalue weighted by molar-refractivity contribution is 6.36. The summed E-state index contributed by atoms with van der Waals surface area (Å²) < 4.78 is 49.9. The molecule has 0 fully saturated rings. The molecule has 11 nitrogen and oxygen atoms in total. The number of hydrogen-bond acceptors (Lipinski definition) is 8. The fourth-order valence-corrected chi connectivity index (χ4v) is 3.17. The minimum Gasteiger partial charge on any atom is -0.484 e. The lowest BCUT2D eigenvalue weighted by Crippen LogP contribution is -2.40. The van der Waals surface area contributed by atoms with Crippen molar-refractivity contribution in [3.05, 3.63) is 60.6 Å². The Labute approximate surface area is 191 Å². The van der Waals surface area contributed by atoms with Crippen molar-refractivity contribution in [2.75, 3.05) is 7.11 Å². The smallest absolute Gasteiger partial charge is 0.431 e. The topological polar surface area (TPSA) is 123 Å². The lowest BCUT2D eigenvalue weighted by Gasteiger charge is -2.15. The molecule has 3 aromatic rings. The van der Waals surface area contributed by atoms with Crippen LogP contribution in [-0.2, 0) is 35.9 Å². The van der Waals surface area contributed by atoms with Gasteiger partial charge in [0.25, 0.3) is 5.56 Å². The molecule has 0 saturated heterocycles. The maximum absolute atomic E-state index is 13.1. The molecule has 176 valence electrons. The number of carbonyl (C=O) groups excluding carboxylic acids is 1. The molecule has 0 amide bonds. The van der Waals surface area contributed by atoms with Gasteiger partial charge in [0, 0.05) is 19.2 Å². The molecule has 33 heavy (non-hydrogen) atoms. The van der Waals surface area contributed by atoms with E-state index in [0.29, 0.717) is 4.57 Å². The molecule has 0 atom stereocenters. The molecule has 0 N–H and O–H groups in total. The number of halogens is 5. The molecule has 0 aliphatic rings. The van der Waals surface area contributed by atoms with Crippen LogP contribution in [0.15, 0.2) is 27.8 Å². The third kappa shape index (κ3) is 5.17. The zero-order chi connectivity index (χ0) is 24.5. The first-order valence-electron chi connectivity index (χ1n) is 8.78. The molecular formula is C17H13Cl2F3N6O5. The van der Waals surface area contributed by atoms with Gasteiger partial charge in [0.15, 0.2) is 13.2 Å². The zero-order valence-corrected chi connectivity index (χ0v) is 18.3. The highest BCUT2D eigenvalue weighted by Gasteiger charge is 2.35. The Hall–Kier alpha value is -3.39. The first-order valence-corrected chi connectivity index (χ1v) is 9.54. The molecule has 0 radical (unpaired) electrons. The average molecular weight is 509 g/mol. The van der Waals surface area contributed by atoms with Gasteiger partial charge in [-0.25, -0.2) is 14.2 Å². The number of tetrazole rings is 1. The molecule has 0 bridgehead atoms. The Balaban J connectivity index is 1.95. The Morgan fingerprint density at radius 1 is 1.15 bits per heavy atom. The van der Waals surface area contributed by atoms with Gasteiger partial charge in [0.2, 0.25) is 5.82 Å². The minimum absolute atomic E-state index is 0.0255. The number of ether oxygens (including phenoxy) is 2. The summed E-state index contributed by atoms with van der Waals surface area (Å²) in [5, 5.41) is 11.0. The van der Waals surface area contributed by atoms with E-state index in [9.17, 15) is 27.6 Å². The van der Waals surface area contributed by atoms with E-state index in [1.807, 2.05) is 0 Å². The van der Waals surface area contributed by atoms with Crippen LogP contribution in [0.2, 0.25) is 10.0 Å². The summed E-state index contributed by atoms with van der Waals surface area (Å²) in [6.07, 6.45) is -4.91. The summed E-state index contributed by atoms with van der Waals surface area (Å²) in [5.74, 6) is -0.628. The largest absolute Gasteiger partial charge is 0.484 e. The van der Waals surface area contributed by atoms with Gasteiger partial charge in [0.05, 0.1) is 22.8 Å². The van der Waals surface area contributed by atoms with E-state index in [0.717, 1.165) is 24.0 Å². The minimum atomic E-state index is -4.91. The van der Waals surface area contributed by atoms with Crippen LogP contribution in [0, 0.1) is 0 Å². The lowest BCUT2D eigenvalue weighted by molar-refractivity contribution is -0.144. The van der Waals surface area contributed by atoms with Crippen molar-refractivity contribution in [3.63, 3.8) is 0 Å². The molecule has 3 rings (SSSR count). The van der Waals surface area contributed by atoms with Crippen molar-refractivity contribution in [3.8, 4) is 11.4 Å². The zero-order valence-electron chi connectivity index (χ0n) is 16.8. The van der Waals surface area contributed by atoms with Crippen LogP contribution in [0.3, 0.4) is 0 Å². The van der Waals surface area contributed by atoms with Crippen LogP contribution in [0.4, 0.5) is 13.2 Å². The van der Waals surface area contributed by atoms with E-state index in [4.69, 9.17) is 27.9 Å². The third-order valence-electron chi connectivity index (χ3n) is 4.20. The van der Waals surface area contributed by atoms with Gasteiger partial charge in [-0.05, 0) is 11.3 Å². The summed E-state index contributed by atoms with van der Waals surface area (Å²) in [5.41, 5.74) is -4.21. The molecule has 16 heteroatoms. The Kier molecular flexibility index (Phi) is 6.78. The molecule has 0 spiro atoms. The summed E-state index contributed by atoms with van der Waals surface area (Å²) in [6, 6.07) is 2.54. The van der Waals surface area contributed by atoms with Crippen molar-refractivity contribution in [1.29, 1.82) is 0 Å². The number of benzene rings is 1. The standard InChI is InChI=1S/C17H13Cl2F3N6O5/c1-26-12(17(20,21)22)5-14(29)28(16(26)31)10-4-11(9(19)3-8(10)18)33-7-13-23-25-27(24-13)6-15(30)32-2/h3-5H,6-7H2,1-2H3. The number of aromatic nitrogens is 6. The van der Waals surface area contributed by atoms with Crippen molar-refractivity contribution < 1.29 is 27.4 Å². The first kappa shape index (κ1) is 24.3. The molecule has 0 unspecified atom stereocenters. The third-order valence-corrected chi connectivity index (χ3v) is 4.80. The summed E-state index contributed by atoms with van der Waals surface area (Å²) in [6.45, 7) is -0.572. The van der Waals surface area contributed by atoms with Gasteiger partial charge in [0.1, 0.15) is 11.4 Å². The first-order chi connectivity index (χ1) is 15.4. The second-order valence-corrected chi connectivity index (χ2v) is 7.19. The van der Waals surface area contributed by atoms with Gasteiger partial charge in [-0.2, -0.15) is 18.0 Å². The number of hydrogen-bond donors (Lipinski definition) is 0. The molecule has 2 heterocycles. The number of carbonyl (C=O) groups is 1. The maximum Gasteiger partial charge on any atom is 0.431 e. The van der Waals surface area contributed by atoms with Crippen LogP contribution in [-0.4, -0.2) is 42.4 Å². The lowest BCUT2D eigenvalue weighted by atomic mass is 10.2. The molecule has 0 saturated carbocycles. The number of nitrogens with zero attached hydrogens (tertiary/aromatic N) is 6. The number of rotatable bonds is 6. The van der Waals surface area contributed by atoms with Gasteiger partial charge in [-0.1, -0.05) is 23.2 Å². The second kappa shape index (κ2) is 9.23. The number of esters is 1. The van der Waals surface area contributed by atoms with Crippen molar-refractivity contribution in [1.82, 2.24) is 29.3 Å². The molecule has 0 aliphatic heterocycles. The van der Waals surface area contributed by atoms with E-state index in [1.54, 1.807) is 0 Å². The van der Waals surface area contributed by atoms with Crippen LogP contribution in [0.25, 0.3) is 5.69 Å². The second-order valence-electron chi connectivity index (χ2n) is 6.38. The van der Waals surface area contributed by atoms with Gasteiger partial charge >= 0.3 is 17.8 Å². The van der Waals surface area contributed by atoms with E-state index in [1.165, 1.54) is 7.11 Å². The van der Waals surface area contributed by atoms with Gasteiger partial charge in [-0.15, -0.1) is 10.2 Å². The SMILES string of the molecule is COC(=O)Cn1nnc(COc2cc(-n3c(=O)cc(C(F)(F)F)n(C)c3=O)c(Cl)cc2Cl)n1. The van der Waals surface area contributed by atoms with Crippen LogP contribution >= 0.6 is 23.2 Å². The molecule has 2 aromatic heterocycles.